The van der Waals surface area contributed by atoms with E-state index in [1.165, 1.54) is 6.08 Å². The van der Waals surface area contributed by atoms with Gasteiger partial charge in [-0.2, -0.15) is 0 Å². The van der Waals surface area contributed by atoms with Gasteiger partial charge in [-0.15, -0.1) is 0 Å². The van der Waals surface area contributed by atoms with E-state index in [-0.39, 0.29) is 5.91 Å². The highest BCUT2D eigenvalue weighted by Gasteiger charge is 2.33. The summed E-state index contributed by atoms with van der Waals surface area (Å²) in [7, 11) is 0. The Morgan fingerprint density at radius 1 is 1.04 bits per heavy atom. The van der Waals surface area contributed by atoms with Gasteiger partial charge in [0.25, 0.3) is 0 Å². The van der Waals surface area contributed by atoms with E-state index in [4.69, 9.17) is 4.74 Å². The molecule has 0 spiro atoms. The predicted octanol–water partition coefficient (Wildman–Crippen LogP) is 3.22. The van der Waals surface area contributed by atoms with Crippen LogP contribution in [0.2, 0.25) is 0 Å². The van der Waals surface area contributed by atoms with Crippen molar-refractivity contribution in [3.63, 3.8) is 0 Å². The molecule has 1 heterocycles. The van der Waals surface area contributed by atoms with Crippen molar-refractivity contribution in [2.45, 2.75) is 12.1 Å². The highest BCUT2D eigenvalue weighted by atomic mass is 16.5. The van der Waals surface area contributed by atoms with Gasteiger partial charge in [0.15, 0.2) is 0 Å². The summed E-state index contributed by atoms with van der Waals surface area (Å²) in [4.78, 5) is 24.4. The van der Waals surface area contributed by atoms with Crippen LogP contribution in [0, 0.1) is 0 Å². The van der Waals surface area contributed by atoms with Crippen LogP contribution in [0.25, 0.3) is 17.7 Å². The first-order chi connectivity index (χ1) is 12.7. The summed E-state index contributed by atoms with van der Waals surface area (Å²) in [6.07, 6.45) is 8.32. The molecule has 0 radical (unpaired) electrons. The fourth-order valence-electron chi connectivity index (χ4n) is 3.12. The normalized spacial score (nSPS) is 20.8. The molecule has 4 heteroatoms. The van der Waals surface area contributed by atoms with Crippen LogP contribution in [0.5, 0.6) is 0 Å². The number of rotatable bonds is 3. The molecule has 2 atom stereocenters. The first-order valence-corrected chi connectivity index (χ1v) is 8.44. The third-order valence-corrected chi connectivity index (χ3v) is 4.40. The van der Waals surface area contributed by atoms with Gasteiger partial charge >= 0.3 is 5.97 Å². The number of ether oxygens (including phenoxy) is 1. The van der Waals surface area contributed by atoms with Crippen LogP contribution >= 0.6 is 0 Å². The van der Waals surface area contributed by atoms with Crippen molar-refractivity contribution in [3.05, 3.63) is 89.5 Å². The van der Waals surface area contributed by atoms with Gasteiger partial charge in [0.2, 0.25) is 5.91 Å². The Morgan fingerprint density at radius 3 is 2.65 bits per heavy atom. The molecule has 1 amide bonds. The molecule has 0 aromatic heterocycles. The molecule has 1 N–H and O–H groups in total. The molecule has 4 nitrogen and oxygen atoms in total. The maximum Gasteiger partial charge on any atom is 0.333 e. The van der Waals surface area contributed by atoms with Gasteiger partial charge in [-0.25, -0.2) is 4.79 Å². The van der Waals surface area contributed by atoms with Crippen molar-refractivity contribution >= 4 is 29.6 Å². The largest absolute Gasteiger partial charge is 0.451 e. The van der Waals surface area contributed by atoms with E-state index >= 15 is 0 Å². The van der Waals surface area contributed by atoms with Crippen molar-refractivity contribution in [1.29, 1.82) is 0 Å². The number of hydrogen-bond acceptors (Lipinski definition) is 3. The van der Waals surface area contributed by atoms with E-state index in [2.05, 4.69) is 5.32 Å². The standard InChI is InChI=1S/C22H17NO3/c24-21(13-10-15-6-2-1-3-7-15)23-19-14-18-17-9-5-4-8-16(17)11-12-20(18)26-22(19)25/h1-14,19-20H,(H,23,24)/b13-10+. The van der Waals surface area contributed by atoms with Gasteiger partial charge in [0, 0.05) is 11.6 Å². The molecule has 2 aromatic rings. The average molecular weight is 343 g/mol. The van der Waals surface area contributed by atoms with Crippen molar-refractivity contribution in [3.8, 4) is 0 Å². The second-order valence-electron chi connectivity index (χ2n) is 6.16. The maximum atomic E-state index is 12.2. The minimum Gasteiger partial charge on any atom is -0.451 e. The van der Waals surface area contributed by atoms with Crippen LogP contribution in [-0.2, 0) is 14.3 Å². The quantitative estimate of drug-likeness (QED) is 0.688. The molecule has 128 valence electrons. The van der Waals surface area contributed by atoms with Crippen molar-refractivity contribution in [2.75, 3.05) is 0 Å². The fourth-order valence-corrected chi connectivity index (χ4v) is 3.12. The van der Waals surface area contributed by atoms with E-state index in [1.54, 1.807) is 12.2 Å². The van der Waals surface area contributed by atoms with Crippen LogP contribution in [0.3, 0.4) is 0 Å². The minimum atomic E-state index is -0.797. The smallest absolute Gasteiger partial charge is 0.333 e. The molecule has 26 heavy (non-hydrogen) atoms. The molecule has 1 aliphatic carbocycles. The molecule has 0 fully saturated rings. The number of carbonyl (C=O) groups is 2. The number of amides is 1. The lowest BCUT2D eigenvalue weighted by Crippen LogP contribution is -2.44. The third-order valence-electron chi connectivity index (χ3n) is 4.40. The van der Waals surface area contributed by atoms with Gasteiger partial charge < -0.3 is 10.1 Å². The number of fused-ring (bicyclic) bond motifs is 3. The zero-order valence-electron chi connectivity index (χ0n) is 14.0. The number of esters is 1. The molecule has 4 rings (SSSR count). The monoisotopic (exact) mass is 343 g/mol. The predicted molar refractivity (Wildman–Crippen MR) is 101 cm³/mol. The maximum absolute atomic E-state index is 12.2. The summed E-state index contributed by atoms with van der Waals surface area (Å²) in [6, 6.07) is 16.6. The Morgan fingerprint density at radius 2 is 1.81 bits per heavy atom. The second kappa shape index (κ2) is 6.84. The number of hydrogen-bond donors (Lipinski definition) is 1. The zero-order chi connectivity index (χ0) is 17.9. The molecule has 2 unspecified atom stereocenters. The first kappa shape index (κ1) is 16.1. The van der Waals surface area contributed by atoms with Crippen LogP contribution in [-0.4, -0.2) is 24.0 Å². The lowest BCUT2D eigenvalue weighted by Gasteiger charge is -2.30. The summed E-state index contributed by atoms with van der Waals surface area (Å²) in [6.45, 7) is 0. The van der Waals surface area contributed by atoms with Gasteiger partial charge in [-0.1, -0.05) is 60.7 Å². The summed E-state index contributed by atoms with van der Waals surface area (Å²) in [5.41, 5.74) is 3.91. The van der Waals surface area contributed by atoms with Crippen molar-refractivity contribution < 1.29 is 14.3 Å². The lowest BCUT2D eigenvalue weighted by atomic mass is 9.87. The summed E-state index contributed by atoms with van der Waals surface area (Å²) in [5.74, 6) is -0.796. The molecule has 0 bridgehead atoms. The van der Waals surface area contributed by atoms with E-state index in [0.717, 1.165) is 22.3 Å². The Bertz CT molecular complexity index is 941. The summed E-state index contributed by atoms with van der Waals surface area (Å²) in [5, 5.41) is 2.70. The highest BCUT2D eigenvalue weighted by molar-refractivity contribution is 5.98. The van der Waals surface area contributed by atoms with Crippen LogP contribution in [0.15, 0.2) is 72.8 Å². The van der Waals surface area contributed by atoms with Crippen LogP contribution < -0.4 is 5.32 Å². The fraction of sp³-hybridized carbons (Fsp3) is 0.0909. The summed E-state index contributed by atoms with van der Waals surface area (Å²) < 4.78 is 5.49. The molecule has 0 saturated carbocycles. The van der Waals surface area contributed by atoms with Crippen molar-refractivity contribution in [2.24, 2.45) is 0 Å². The molecule has 1 aliphatic heterocycles. The Hall–Kier alpha value is -3.40. The van der Waals surface area contributed by atoms with E-state index in [0.29, 0.717) is 0 Å². The van der Waals surface area contributed by atoms with E-state index in [9.17, 15) is 9.59 Å². The molecule has 2 aliphatic rings. The Kier molecular flexibility index (Phi) is 4.23. The Labute approximate surface area is 151 Å². The van der Waals surface area contributed by atoms with E-state index in [1.807, 2.05) is 66.7 Å². The SMILES string of the molecule is O=C(/C=C/c1ccccc1)NC1C=C2c3ccccc3C=CC2OC1=O. The van der Waals surface area contributed by atoms with Gasteiger partial charge in [-0.3, -0.25) is 4.79 Å². The van der Waals surface area contributed by atoms with Crippen LogP contribution in [0.4, 0.5) is 0 Å². The van der Waals surface area contributed by atoms with Gasteiger partial charge in [0.1, 0.15) is 12.1 Å². The van der Waals surface area contributed by atoms with Crippen molar-refractivity contribution in [1.82, 2.24) is 5.32 Å². The van der Waals surface area contributed by atoms with Gasteiger partial charge in [0.05, 0.1) is 0 Å². The lowest BCUT2D eigenvalue weighted by molar-refractivity contribution is -0.148. The molecule has 2 aromatic carbocycles. The second-order valence-corrected chi connectivity index (χ2v) is 6.16. The van der Waals surface area contributed by atoms with E-state index < -0.39 is 18.1 Å². The zero-order valence-corrected chi connectivity index (χ0v) is 14.0. The Balaban J connectivity index is 1.54. The molecular weight excluding hydrogens is 326 g/mol. The highest BCUT2D eigenvalue weighted by Crippen LogP contribution is 2.33. The number of benzene rings is 2. The number of nitrogens with one attached hydrogen (secondary N) is 1. The summed E-state index contributed by atoms with van der Waals surface area (Å²) >= 11 is 0. The molecular formula is C22H17NO3. The van der Waals surface area contributed by atoms with Gasteiger partial charge in [-0.05, 0) is 34.9 Å². The average Bonchev–Trinajstić information content (AvgIpc) is 2.68. The first-order valence-electron chi connectivity index (χ1n) is 8.44. The van der Waals surface area contributed by atoms with Crippen LogP contribution in [0.1, 0.15) is 16.7 Å². The minimum absolute atomic E-state index is 0.342. The topological polar surface area (TPSA) is 55.4 Å². The number of carbonyl (C=O) groups excluding carboxylic acids is 2. The third kappa shape index (κ3) is 3.22. The molecule has 0 saturated heterocycles.